The summed E-state index contributed by atoms with van der Waals surface area (Å²) >= 11 is 0. The number of hydrogen-bond donors (Lipinski definition) is 1. The maximum Gasteiger partial charge on any atom is 0.220 e. The molecule has 0 saturated carbocycles. The Morgan fingerprint density at radius 3 is 2.23 bits per heavy atom. The minimum atomic E-state index is -3.33. The molecule has 1 aromatic heterocycles. The highest BCUT2D eigenvalue weighted by molar-refractivity contribution is 7.90. The lowest BCUT2D eigenvalue weighted by atomic mass is 10.1. The van der Waals surface area contributed by atoms with E-state index < -0.39 is 15.9 Å². The van der Waals surface area contributed by atoms with Crippen molar-refractivity contribution in [3.8, 4) is 40.3 Å². The van der Waals surface area contributed by atoms with Crippen molar-refractivity contribution < 1.29 is 32.5 Å². The number of ether oxygens (including phenoxy) is 4. The Morgan fingerprint density at radius 1 is 0.923 bits per heavy atom. The van der Waals surface area contributed by atoms with Gasteiger partial charge in [0.25, 0.3) is 0 Å². The highest BCUT2D eigenvalue weighted by atomic mass is 32.2. The summed E-state index contributed by atoms with van der Waals surface area (Å²) in [5.74, 6) is 2.90. The van der Waals surface area contributed by atoms with E-state index in [1.165, 1.54) is 12.1 Å². The second-order valence-electron chi connectivity index (χ2n) is 8.97. The van der Waals surface area contributed by atoms with E-state index in [-0.39, 0.29) is 11.5 Å². The number of methoxy groups -OCH3 is 1. The van der Waals surface area contributed by atoms with Gasteiger partial charge in [-0.05, 0) is 67.9 Å². The van der Waals surface area contributed by atoms with E-state index in [9.17, 15) is 13.5 Å². The quantitative estimate of drug-likeness (QED) is 0.275. The molecule has 0 radical (unpaired) electrons. The first-order chi connectivity index (χ1) is 18.6. The second kappa shape index (κ2) is 12.1. The van der Waals surface area contributed by atoms with Gasteiger partial charge in [-0.15, -0.1) is 0 Å². The Hall–Kier alpha value is -4.15. The third kappa shape index (κ3) is 7.46. The van der Waals surface area contributed by atoms with Gasteiger partial charge >= 0.3 is 0 Å². The predicted molar refractivity (Wildman–Crippen MR) is 146 cm³/mol. The van der Waals surface area contributed by atoms with E-state index >= 15 is 0 Å². The van der Waals surface area contributed by atoms with Gasteiger partial charge in [-0.3, -0.25) is 0 Å². The first-order valence-electron chi connectivity index (χ1n) is 12.1. The smallest absolute Gasteiger partial charge is 0.220 e. The summed E-state index contributed by atoms with van der Waals surface area (Å²) < 4.78 is 46.6. The number of hydrogen-bond acceptors (Lipinski definition) is 9. The molecule has 39 heavy (non-hydrogen) atoms. The molecule has 0 aliphatic heterocycles. The van der Waals surface area contributed by atoms with E-state index in [0.717, 1.165) is 23.1 Å². The number of aliphatic hydroxyl groups excluding tert-OH is 1. The van der Waals surface area contributed by atoms with Crippen LogP contribution in [0.25, 0.3) is 11.4 Å². The summed E-state index contributed by atoms with van der Waals surface area (Å²) in [5, 5.41) is 9.47. The van der Waals surface area contributed by atoms with Gasteiger partial charge < -0.3 is 24.1 Å². The van der Waals surface area contributed by atoms with Gasteiger partial charge in [-0.1, -0.05) is 12.1 Å². The van der Waals surface area contributed by atoms with Gasteiger partial charge in [0.1, 0.15) is 35.7 Å². The molecule has 0 spiro atoms. The van der Waals surface area contributed by atoms with Gasteiger partial charge in [0.05, 0.1) is 18.6 Å². The van der Waals surface area contributed by atoms with Crippen molar-refractivity contribution in [1.82, 2.24) is 9.97 Å². The van der Waals surface area contributed by atoms with Gasteiger partial charge in [0.15, 0.2) is 15.7 Å². The van der Waals surface area contributed by atoms with Crippen molar-refractivity contribution in [2.24, 2.45) is 0 Å². The lowest BCUT2D eigenvalue weighted by Gasteiger charge is -2.16. The highest BCUT2D eigenvalue weighted by Gasteiger charge is 2.14. The predicted octanol–water partition coefficient (Wildman–Crippen LogP) is 5.00. The Labute approximate surface area is 227 Å². The molecular formula is C29H30N2O7S. The second-order valence-corrected chi connectivity index (χ2v) is 11.0. The molecule has 204 valence electrons. The Kier molecular flexibility index (Phi) is 8.68. The zero-order chi connectivity index (χ0) is 28.0. The lowest BCUT2D eigenvalue weighted by molar-refractivity contribution is 0.129. The van der Waals surface area contributed by atoms with E-state index in [1.54, 1.807) is 50.6 Å². The third-order valence-electron chi connectivity index (χ3n) is 5.68. The number of aliphatic hydroxyl groups is 1. The molecule has 0 bridgehead atoms. The van der Waals surface area contributed by atoms with Crippen LogP contribution in [0, 0.1) is 6.92 Å². The molecule has 0 aliphatic carbocycles. The van der Waals surface area contributed by atoms with Gasteiger partial charge in [0, 0.05) is 29.6 Å². The van der Waals surface area contributed by atoms with Crippen LogP contribution >= 0.6 is 0 Å². The molecule has 0 saturated heterocycles. The molecule has 0 fully saturated rings. The molecule has 0 unspecified atom stereocenters. The molecule has 10 heteroatoms. The van der Waals surface area contributed by atoms with Crippen LogP contribution in [0.15, 0.2) is 77.8 Å². The van der Waals surface area contributed by atoms with Crippen molar-refractivity contribution in [1.29, 1.82) is 0 Å². The Morgan fingerprint density at radius 2 is 1.59 bits per heavy atom. The minimum absolute atomic E-state index is 0.169. The molecule has 1 atom stereocenters. The summed E-state index contributed by atoms with van der Waals surface area (Å²) in [6.07, 6.45) is 2.37. The average molecular weight is 551 g/mol. The Balaban J connectivity index is 1.62. The van der Waals surface area contributed by atoms with E-state index in [1.807, 2.05) is 31.2 Å². The van der Waals surface area contributed by atoms with Crippen molar-refractivity contribution in [3.05, 3.63) is 84.1 Å². The van der Waals surface area contributed by atoms with Gasteiger partial charge in [0.2, 0.25) is 5.88 Å². The SMILES string of the molecule is COc1ccc(COc2nc(-c3cc(Oc4ccc(S(C)(=O)=O)cc4)cc(O[C@@H](C)CO)c3)ncc2C)cc1. The van der Waals surface area contributed by atoms with Crippen LogP contribution in [0.5, 0.6) is 28.9 Å². The van der Waals surface area contributed by atoms with Crippen molar-refractivity contribution in [3.63, 3.8) is 0 Å². The molecular weight excluding hydrogens is 520 g/mol. The number of sulfone groups is 1. The zero-order valence-electron chi connectivity index (χ0n) is 22.1. The number of benzene rings is 3. The topological polar surface area (TPSA) is 117 Å². The van der Waals surface area contributed by atoms with Gasteiger partial charge in [-0.2, -0.15) is 4.98 Å². The number of aromatic nitrogens is 2. The summed E-state index contributed by atoms with van der Waals surface area (Å²) in [5.41, 5.74) is 2.34. The van der Waals surface area contributed by atoms with E-state index in [4.69, 9.17) is 18.9 Å². The third-order valence-corrected chi connectivity index (χ3v) is 6.81. The largest absolute Gasteiger partial charge is 0.497 e. The van der Waals surface area contributed by atoms with Crippen LogP contribution in [0.3, 0.4) is 0 Å². The van der Waals surface area contributed by atoms with Crippen molar-refractivity contribution in [2.45, 2.75) is 31.5 Å². The molecule has 4 rings (SSSR count). The lowest BCUT2D eigenvalue weighted by Crippen LogP contribution is -2.16. The van der Waals surface area contributed by atoms with Crippen molar-refractivity contribution in [2.75, 3.05) is 20.0 Å². The highest BCUT2D eigenvalue weighted by Crippen LogP contribution is 2.33. The fraction of sp³-hybridized carbons (Fsp3) is 0.241. The summed E-state index contributed by atoms with van der Waals surface area (Å²) in [6, 6.07) is 18.9. The number of aryl methyl sites for hydroxylation is 1. The van der Waals surface area contributed by atoms with Crippen LogP contribution < -0.4 is 18.9 Å². The Bertz CT molecular complexity index is 1520. The first kappa shape index (κ1) is 27.9. The monoisotopic (exact) mass is 550 g/mol. The zero-order valence-corrected chi connectivity index (χ0v) is 22.9. The fourth-order valence-electron chi connectivity index (χ4n) is 3.57. The standard InChI is InChI=1S/C29H30N2O7S/c1-19-16-30-28(31-29(19)36-18-21-5-7-23(35-3)8-6-21)22-13-25(37-20(2)17-32)15-26(14-22)38-24-9-11-27(12-10-24)39(4,33)34/h5-16,20,32H,17-18H2,1-4H3/t20-/m0/s1. The molecule has 3 aromatic carbocycles. The molecule has 9 nitrogen and oxygen atoms in total. The summed E-state index contributed by atoms with van der Waals surface area (Å²) in [6.45, 7) is 3.75. The maximum absolute atomic E-state index is 11.8. The average Bonchev–Trinajstić information content (AvgIpc) is 2.92. The number of rotatable bonds is 11. The van der Waals surface area contributed by atoms with Gasteiger partial charge in [-0.25, -0.2) is 13.4 Å². The van der Waals surface area contributed by atoms with E-state index in [0.29, 0.717) is 41.1 Å². The molecule has 0 aliphatic rings. The van der Waals surface area contributed by atoms with Crippen LogP contribution in [0.1, 0.15) is 18.1 Å². The summed E-state index contributed by atoms with van der Waals surface area (Å²) in [4.78, 5) is 9.31. The fourth-order valence-corrected chi connectivity index (χ4v) is 4.20. The van der Waals surface area contributed by atoms with Crippen LogP contribution in [0.4, 0.5) is 0 Å². The maximum atomic E-state index is 11.8. The van der Waals surface area contributed by atoms with Crippen LogP contribution in [0.2, 0.25) is 0 Å². The molecule has 1 heterocycles. The first-order valence-corrected chi connectivity index (χ1v) is 14.0. The summed E-state index contributed by atoms with van der Waals surface area (Å²) in [7, 11) is -1.71. The normalized spacial score (nSPS) is 12.0. The van der Waals surface area contributed by atoms with Crippen LogP contribution in [-0.4, -0.2) is 49.6 Å². The van der Waals surface area contributed by atoms with E-state index in [2.05, 4.69) is 9.97 Å². The molecule has 0 amide bonds. The molecule has 1 N–H and O–H groups in total. The number of nitrogens with zero attached hydrogens (tertiary/aromatic N) is 2. The molecule has 4 aromatic rings. The van der Waals surface area contributed by atoms with Crippen molar-refractivity contribution >= 4 is 9.84 Å². The minimum Gasteiger partial charge on any atom is -0.497 e. The van der Waals surface area contributed by atoms with Crippen LogP contribution in [-0.2, 0) is 16.4 Å².